The number of aromatic carboxylic acids is 1. The first-order valence-electron chi connectivity index (χ1n) is 7.87. The van der Waals surface area contributed by atoms with Crippen LogP contribution in [0.25, 0.3) is 5.69 Å². The lowest BCUT2D eigenvalue weighted by atomic mass is 10.1. The summed E-state index contributed by atoms with van der Waals surface area (Å²) in [6.07, 6.45) is 0. The predicted octanol–water partition coefficient (Wildman–Crippen LogP) is 1.10. The second kappa shape index (κ2) is 6.72. The number of aromatic nitrogens is 2. The van der Waals surface area contributed by atoms with Gasteiger partial charge in [0.1, 0.15) is 5.69 Å². The lowest BCUT2D eigenvalue weighted by Crippen LogP contribution is -2.27. The van der Waals surface area contributed by atoms with Gasteiger partial charge in [-0.25, -0.2) is 4.68 Å². The van der Waals surface area contributed by atoms with Gasteiger partial charge in [-0.15, -0.1) is 0 Å². The van der Waals surface area contributed by atoms with Crippen LogP contribution in [-0.2, 0) is 7.05 Å². The van der Waals surface area contributed by atoms with Gasteiger partial charge in [-0.3, -0.25) is 14.3 Å². The van der Waals surface area contributed by atoms with E-state index in [-0.39, 0.29) is 16.8 Å². The average molecular weight is 350 g/mol. The molecule has 0 aliphatic heterocycles. The number of hydrogen-bond acceptors (Lipinski definition) is 4. The summed E-state index contributed by atoms with van der Waals surface area (Å²) in [5, 5.41) is 13.7. The third kappa shape index (κ3) is 2.90. The minimum atomic E-state index is -1.46. The minimum Gasteiger partial charge on any atom is -0.545 e. The van der Waals surface area contributed by atoms with E-state index in [2.05, 4.69) is 5.32 Å². The molecule has 0 spiro atoms. The molecule has 3 rings (SSSR count). The molecule has 1 amide bonds. The highest BCUT2D eigenvalue weighted by atomic mass is 16.4. The highest BCUT2D eigenvalue weighted by molar-refractivity contribution is 6.10. The Bertz CT molecular complexity index is 1050. The van der Waals surface area contributed by atoms with Gasteiger partial charge in [-0.1, -0.05) is 36.4 Å². The number of anilines is 1. The maximum atomic E-state index is 12.8. The molecule has 0 aliphatic carbocycles. The Morgan fingerprint density at radius 2 is 1.54 bits per heavy atom. The number of carbonyl (C=O) groups excluding carboxylic acids is 2. The van der Waals surface area contributed by atoms with Crippen molar-refractivity contribution >= 4 is 17.6 Å². The lowest BCUT2D eigenvalue weighted by Gasteiger charge is -2.10. The van der Waals surface area contributed by atoms with E-state index in [1.54, 1.807) is 49.0 Å². The molecule has 1 aromatic heterocycles. The van der Waals surface area contributed by atoms with E-state index in [1.807, 2.05) is 6.07 Å². The topological polar surface area (TPSA) is 96.2 Å². The molecule has 0 radical (unpaired) electrons. The second-order valence-electron chi connectivity index (χ2n) is 5.72. The molecule has 0 saturated carbocycles. The number of nitrogens with zero attached hydrogens (tertiary/aromatic N) is 2. The van der Waals surface area contributed by atoms with Crippen LogP contribution >= 0.6 is 0 Å². The Morgan fingerprint density at radius 3 is 2.15 bits per heavy atom. The van der Waals surface area contributed by atoms with Crippen LogP contribution < -0.4 is 16.0 Å². The fourth-order valence-corrected chi connectivity index (χ4v) is 2.75. The van der Waals surface area contributed by atoms with Crippen molar-refractivity contribution in [3.8, 4) is 5.69 Å². The van der Waals surface area contributed by atoms with Crippen molar-refractivity contribution in [1.82, 2.24) is 9.36 Å². The Morgan fingerprint density at radius 1 is 0.962 bits per heavy atom. The number of carbonyl (C=O) groups is 2. The number of carboxylic acids is 1. The number of hydrogen-bond donors (Lipinski definition) is 1. The largest absolute Gasteiger partial charge is 0.545 e. The summed E-state index contributed by atoms with van der Waals surface area (Å²) in [5.41, 5.74) is 0.574. The van der Waals surface area contributed by atoms with Crippen LogP contribution in [-0.4, -0.2) is 21.2 Å². The van der Waals surface area contributed by atoms with Gasteiger partial charge in [0.05, 0.1) is 17.4 Å². The van der Waals surface area contributed by atoms with E-state index in [1.165, 1.54) is 22.9 Å². The van der Waals surface area contributed by atoms with E-state index >= 15 is 0 Å². The fraction of sp³-hybridized carbons (Fsp3) is 0.105. The maximum Gasteiger partial charge on any atom is 0.295 e. The average Bonchev–Trinajstić information content (AvgIpc) is 2.85. The summed E-state index contributed by atoms with van der Waals surface area (Å²) in [4.78, 5) is 36.5. The van der Waals surface area contributed by atoms with Gasteiger partial charge in [-0.2, -0.15) is 0 Å². The molecular weight excluding hydrogens is 334 g/mol. The van der Waals surface area contributed by atoms with Crippen LogP contribution in [0.1, 0.15) is 26.4 Å². The summed E-state index contributed by atoms with van der Waals surface area (Å²) in [5.74, 6) is -2.14. The standard InChI is InChI=1S/C19H17N3O4/c1-12-16(18(24)22(21(12)2)13-8-4-3-5-9-13)20-17(23)14-10-6-7-11-15(14)19(25)26/h3-11H,1-2H3,(H,20,23)(H,25,26)/p-1. The molecule has 132 valence electrons. The van der Waals surface area contributed by atoms with Crippen molar-refractivity contribution in [3.63, 3.8) is 0 Å². The third-order valence-corrected chi connectivity index (χ3v) is 4.18. The van der Waals surface area contributed by atoms with E-state index in [9.17, 15) is 19.5 Å². The number of amides is 1. The predicted molar refractivity (Wildman–Crippen MR) is 94.5 cm³/mol. The summed E-state index contributed by atoms with van der Waals surface area (Å²) in [6, 6.07) is 14.7. The molecule has 3 aromatic rings. The van der Waals surface area contributed by atoms with Crippen molar-refractivity contribution in [1.29, 1.82) is 0 Å². The van der Waals surface area contributed by atoms with E-state index < -0.39 is 17.4 Å². The molecule has 7 heteroatoms. The molecule has 26 heavy (non-hydrogen) atoms. The van der Waals surface area contributed by atoms with Crippen molar-refractivity contribution in [2.24, 2.45) is 7.05 Å². The van der Waals surface area contributed by atoms with Gasteiger partial charge in [0.2, 0.25) is 0 Å². The highest BCUT2D eigenvalue weighted by Crippen LogP contribution is 2.16. The van der Waals surface area contributed by atoms with Gasteiger partial charge in [0.15, 0.2) is 0 Å². The zero-order valence-corrected chi connectivity index (χ0v) is 14.2. The van der Waals surface area contributed by atoms with Gasteiger partial charge in [0, 0.05) is 18.2 Å². The molecule has 0 unspecified atom stereocenters. The van der Waals surface area contributed by atoms with Crippen molar-refractivity contribution in [3.05, 3.63) is 81.8 Å². The SMILES string of the molecule is Cc1c(NC(=O)c2ccccc2C(=O)[O-])c(=O)n(-c2ccccc2)n1C. The fourth-order valence-electron chi connectivity index (χ4n) is 2.75. The van der Waals surface area contributed by atoms with E-state index in [0.717, 1.165) is 0 Å². The lowest BCUT2D eigenvalue weighted by molar-refractivity contribution is -0.255. The molecule has 0 saturated heterocycles. The molecule has 0 fully saturated rings. The maximum absolute atomic E-state index is 12.8. The molecule has 1 N–H and O–H groups in total. The normalized spacial score (nSPS) is 10.5. The molecule has 2 aromatic carbocycles. The minimum absolute atomic E-state index is 0.0681. The number of para-hydroxylation sites is 1. The Labute approximate surface area is 149 Å². The van der Waals surface area contributed by atoms with Crippen molar-refractivity contribution in [2.45, 2.75) is 6.92 Å². The number of rotatable bonds is 4. The molecular formula is C19H16N3O4-. The summed E-state index contributed by atoms with van der Waals surface area (Å²) in [6.45, 7) is 1.70. The zero-order valence-electron chi connectivity index (χ0n) is 14.2. The van der Waals surface area contributed by atoms with E-state index in [4.69, 9.17) is 0 Å². The Balaban J connectivity index is 2.04. The van der Waals surface area contributed by atoms with Gasteiger partial charge >= 0.3 is 0 Å². The second-order valence-corrected chi connectivity index (χ2v) is 5.72. The van der Waals surface area contributed by atoms with Gasteiger partial charge in [0.25, 0.3) is 11.5 Å². The zero-order chi connectivity index (χ0) is 18.8. The highest BCUT2D eigenvalue weighted by Gasteiger charge is 2.20. The Hall–Kier alpha value is -3.61. The summed E-state index contributed by atoms with van der Waals surface area (Å²) >= 11 is 0. The van der Waals surface area contributed by atoms with Crippen molar-refractivity contribution < 1.29 is 14.7 Å². The third-order valence-electron chi connectivity index (χ3n) is 4.18. The molecule has 7 nitrogen and oxygen atoms in total. The first kappa shape index (κ1) is 17.2. The molecule has 1 heterocycles. The quantitative estimate of drug-likeness (QED) is 0.762. The summed E-state index contributed by atoms with van der Waals surface area (Å²) in [7, 11) is 1.70. The van der Waals surface area contributed by atoms with E-state index in [0.29, 0.717) is 11.4 Å². The Kier molecular flexibility index (Phi) is 4.45. The summed E-state index contributed by atoms with van der Waals surface area (Å²) < 4.78 is 3.05. The van der Waals surface area contributed by atoms with Crippen LogP contribution in [0.3, 0.4) is 0 Å². The van der Waals surface area contributed by atoms with Crippen molar-refractivity contribution in [2.75, 3.05) is 5.32 Å². The van der Waals surface area contributed by atoms with Crippen LogP contribution in [0.15, 0.2) is 59.4 Å². The first-order chi connectivity index (χ1) is 12.4. The molecule has 0 atom stereocenters. The van der Waals surface area contributed by atoms with Crippen LogP contribution in [0, 0.1) is 6.92 Å². The van der Waals surface area contributed by atoms with Crippen LogP contribution in [0.2, 0.25) is 0 Å². The monoisotopic (exact) mass is 350 g/mol. The number of benzene rings is 2. The first-order valence-corrected chi connectivity index (χ1v) is 7.87. The van der Waals surface area contributed by atoms with Crippen LogP contribution in [0.4, 0.5) is 5.69 Å². The van der Waals surface area contributed by atoms with Crippen LogP contribution in [0.5, 0.6) is 0 Å². The van der Waals surface area contributed by atoms with Gasteiger partial charge in [-0.05, 0) is 25.1 Å². The molecule has 0 bridgehead atoms. The van der Waals surface area contributed by atoms with Gasteiger partial charge < -0.3 is 15.2 Å². The number of nitrogens with one attached hydrogen (secondary N) is 1. The smallest absolute Gasteiger partial charge is 0.295 e. The molecule has 0 aliphatic rings. The number of carboxylic acid groups (broad SMARTS) is 1.